The lowest BCUT2D eigenvalue weighted by Crippen LogP contribution is -2.38. The fraction of sp³-hybridized carbons (Fsp3) is 0.318. The quantitative estimate of drug-likeness (QED) is 0.513. The molecule has 34 heavy (non-hydrogen) atoms. The van der Waals surface area contributed by atoms with Gasteiger partial charge in [0.2, 0.25) is 21.8 Å². The van der Waals surface area contributed by atoms with E-state index >= 15 is 0 Å². The highest BCUT2D eigenvalue weighted by molar-refractivity contribution is 7.92. The van der Waals surface area contributed by atoms with Crippen LogP contribution < -0.4 is 24.8 Å². The number of hydrogen-bond acceptors (Lipinski definition) is 7. The molecule has 0 bridgehead atoms. The van der Waals surface area contributed by atoms with E-state index in [4.69, 9.17) is 9.47 Å². The molecule has 1 heterocycles. The van der Waals surface area contributed by atoms with Gasteiger partial charge in [0.25, 0.3) is 5.91 Å². The van der Waals surface area contributed by atoms with Crippen LogP contribution in [0.4, 0.5) is 17.1 Å². The van der Waals surface area contributed by atoms with Crippen LogP contribution in [0, 0.1) is 0 Å². The molecule has 0 saturated heterocycles. The van der Waals surface area contributed by atoms with Gasteiger partial charge in [-0.25, -0.2) is 8.42 Å². The fourth-order valence-electron chi connectivity index (χ4n) is 3.28. The van der Waals surface area contributed by atoms with Crippen LogP contribution in [0.15, 0.2) is 36.4 Å². The van der Waals surface area contributed by atoms with Crippen molar-refractivity contribution in [3.8, 4) is 11.5 Å². The van der Waals surface area contributed by atoms with Crippen molar-refractivity contribution in [2.24, 2.45) is 0 Å². The Bertz CT molecular complexity index is 1210. The monoisotopic (exact) mass is 490 g/mol. The van der Waals surface area contributed by atoms with Gasteiger partial charge in [0.15, 0.2) is 11.5 Å². The summed E-state index contributed by atoms with van der Waals surface area (Å²) in [5, 5.41) is 5.27. The van der Waals surface area contributed by atoms with Crippen LogP contribution in [0.25, 0.3) is 0 Å². The highest BCUT2D eigenvalue weighted by Crippen LogP contribution is 2.32. The average Bonchev–Trinajstić information content (AvgIpc) is 2.76. The minimum Gasteiger partial charge on any atom is -0.486 e. The zero-order valence-electron chi connectivity index (χ0n) is 19.0. The van der Waals surface area contributed by atoms with Gasteiger partial charge in [0, 0.05) is 30.9 Å². The number of ether oxygens (including phenoxy) is 2. The second-order valence-corrected chi connectivity index (χ2v) is 9.29. The highest BCUT2D eigenvalue weighted by atomic mass is 32.2. The molecule has 182 valence electrons. The molecule has 0 aromatic heterocycles. The van der Waals surface area contributed by atoms with E-state index in [-0.39, 0.29) is 30.2 Å². The van der Waals surface area contributed by atoms with E-state index in [0.29, 0.717) is 36.1 Å². The third kappa shape index (κ3) is 6.61. The van der Waals surface area contributed by atoms with E-state index < -0.39 is 21.8 Å². The molecule has 2 aromatic carbocycles. The number of anilines is 3. The maximum Gasteiger partial charge on any atom is 0.256 e. The van der Waals surface area contributed by atoms with E-state index in [1.165, 1.54) is 30.0 Å². The lowest BCUT2D eigenvalue weighted by atomic mass is 10.1. The summed E-state index contributed by atoms with van der Waals surface area (Å²) in [5.74, 6) is -0.299. The summed E-state index contributed by atoms with van der Waals surface area (Å²) < 4.78 is 36.8. The minimum absolute atomic E-state index is 0.00865. The van der Waals surface area contributed by atoms with Crippen molar-refractivity contribution in [1.29, 1.82) is 0 Å². The molecule has 1 aliphatic rings. The lowest BCUT2D eigenvalue weighted by Gasteiger charge is -2.23. The first kappa shape index (κ1) is 24.8. The summed E-state index contributed by atoms with van der Waals surface area (Å²) in [6.07, 6.45) is 0.960. The van der Waals surface area contributed by atoms with Crippen molar-refractivity contribution in [2.45, 2.75) is 13.8 Å². The summed E-state index contributed by atoms with van der Waals surface area (Å²) in [6, 6.07) is 9.19. The predicted octanol–water partition coefficient (Wildman–Crippen LogP) is 1.89. The second kappa shape index (κ2) is 10.4. The van der Waals surface area contributed by atoms with Crippen LogP contribution in [-0.2, 0) is 19.6 Å². The van der Waals surface area contributed by atoms with Gasteiger partial charge in [-0.1, -0.05) is 0 Å². The van der Waals surface area contributed by atoms with Gasteiger partial charge in [0.05, 0.1) is 17.5 Å². The van der Waals surface area contributed by atoms with Crippen molar-refractivity contribution in [2.75, 3.05) is 47.9 Å². The molecule has 0 aliphatic carbocycles. The van der Waals surface area contributed by atoms with Gasteiger partial charge >= 0.3 is 0 Å². The lowest BCUT2D eigenvalue weighted by molar-refractivity contribution is -0.117. The summed E-state index contributed by atoms with van der Waals surface area (Å²) in [7, 11) is -3.68. The molecular weight excluding hydrogens is 464 g/mol. The number of hydrogen-bond donors (Lipinski definition) is 3. The van der Waals surface area contributed by atoms with E-state index in [1.54, 1.807) is 25.1 Å². The Morgan fingerprint density at radius 2 is 1.62 bits per heavy atom. The molecule has 3 rings (SSSR count). The highest BCUT2D eigenvalue weighted by Gasteiger charge is 2.23. The number of likely N-dealkylation sites (N-methyl/N-ethyl adjacent to an activating group) is 1. The molecule has 0 saturated carbocycles. The number of sulfonamides is 1. The number of nitrogens with one attached hydrogen (secondary N) is 3. The zero-order chi connectivity index (χ0) is 24.9. The van der Waals surface area contributed by atoms with Crippen LogP contribution >= 0.6 is 0 Å². The van der Waals surface area contributed by atoms with Crippen molar-refractivity contribution >= 4 is 44.8 Å². The largest absolute Gasteiger partial charge is 0.486 e. The van der Waals surface area contributed by atoms with Crippen LogP contribution in [0.1, 0.15) is 24.2 Å². The van der Waals surface area contributed by atoms with Crippen LogP contribution in [0.2, 0.25) is 0 Å². The number of rotatable bonds is 8. The first-order valence-corrected chi connectivity index (χ1v) is 12.3. The predicted molar refractivity (Wildman–Crippen MR) is 127 cm³/mol. The number of nitrogens with zero attached hydrogens (tertiary/aromatic N) is 1. The molecule has 0 radical (unpaired) electrons. The molecule has 0 spiro atoms. The summed E-state index contributed by atoms with van der Waals surface area (Å²) >= 11 is 0. The molecule has 0 atom stereocenters. The number of benzene rings is 2. The number of carbonyl (C=O) groups is 3. The van der Waals surface area contributed by atoms with Gasteiger partial charge in [-0.05, 0) is 37.3 Å². The van der Waals surface area contributed by atoms with Crippen molar-refractivity contribution in [3.63, 3.8) is 0 Å². The van der Waals surface area contributed by atoms with Crippen molar-refractivity contribution < 1.29 is 32.3 Å². The molecule has 2 aromatic rings. The Balaban J connectivity index is 1.79. The Morgan fingerprint density at radius 1 is 0.971 bits per heavy atom. The van der Waals surface area contributed by atoms with E-state index in [1.807, 2.05) is 0 Å². The molecule has 3 amide bonds. The van der Waals surface area contributed by atoms with Crippen molar-refractivity contribution in [3.05, 3.63) is 42.0 Å². The molecule has 0 fully saturated rings. The Hall–Kier alpha value is -3.80. The third-order valence-corrected chi connectivity index (χ3v) is 5.29. The Morgan fingerprint density at radius 3 is 2.26 bits per heavy atom. The SMILES string of the molecule is CCN(CC(=O)Nc1ccc2c(c1)OCCO2)C(=O)c1cc(NC(C)=O)ccc1NS(C)(=O)=O. The zero-order valence-corrected chi connectivity index (χ0v) is 19.8. The van der Waals surface area contributed by atoms with E-state index in [0.717, 1.165) is 6.26 Å². The van der Waals surface area contributed by atoms with Gasteiger partial charge in [-0.3, -0.25) is 19.1 Å². The molecule has 1 aliphatic heterocycles. The van der Waals surface area contributed by atoms with E-state index in [9.17, 15) is 22.8 Å². The van der Waals surface area contributed by atoms with Crippen molar-refractivity contribution in [1.82, 2.24) is 4.90 Å². The van der Waals surface area contributed by atoms with Crippen LogP contribution in [0.3, 0.4) is 0 Å². The molecular formula is C22H26N4O7S. The topological polar surface area (TPSA) is 143 Å². The van der Waals surface area contributed by atoms with Crippen LogP contribution in [-0.4, -0.2) is 63.6 Å². The Labute approximate surface area is 197 Å². The average molecular weight is 491 g/mol. The van der Waals surface area contributed by atoms with Gasteiger partial charge in [-0.2, -0.15) is 0 Å². The van der Waals surface area contributed by atoms with E-state index in [2.05, 4.69) is 15.4 Å². The third-order valence-electron chi connectivity index (χ3n) is 4.70. The summed E-state index contributed by atoms with van der Waals surface area (Å²) in [5.41, 5.74) is 0.814. The first-order valence-electron chi connectivity index (χ1n) is 10.4. The van der Waals surface area contributed by atoms with Gasteiger partial charge in [-0.15, -0.1) is 0 Å². The van der Waals surface area contributed by atoms with Gasteiger partial charge in [0.1, 0.15) is 19.8 Å². The number of fused-ring (bicyclic) bond motifs is 1. The number of carbonyl (C=O) groups excluding carboxylic acids is 3. The molecule has 3 N–H and O–H groups in total. The first-order chi connectivity index (χ1) is 16.1. The smallest absolute Gasteiger partial charge is 0.256 e. The van der Waals surface area contributed by atoms with Gasteiger partial charge < -0.3 is 25.0 Å². The molecule has 11 nitrogen and oxygen atoms in total. The summed E-state index contributed by atoms with van der Waals surface area (Å²) in [6.45, 7) is 3.75. The standard InChI is InChI=1S/C22H26N4O7S/c1-4-26(13-21(28)24-16-6-8-19-20(12-16)33-10-9-32-19)22(29)17-11-15(23-14(2)27)5-7-18(17)25-34(3,30)31/h5-8,11-12,25H,4,9-10,13H2,1-3H3,(H,23,27)(H,24,28). The molecule has 0 unspecified atom stereocenters. The van der Waals surface area contributed by atoms with Crippen LogP contribution in [0.5, 0.6) is 11.5 Å². The number of amides is 3. The maximum atomic E-state index is 13.3. The minimum atomic E-state index is -3.68. The fourth-order valence-corrected chi connectivity index (χ4v) is 3.86. The molecule has 12 heteroatoms. The maximum absolute atomic E-state index is 13.3. The second-order valence-electron chi connectivity index (χ2n) is 7.54. The normalized spacial score (nSPS) is 12.4. The summed E-state index contributed by atoms with van der Waals surface area (Å²) in [4.78, 5) is 38.6. The Kier molecular flexibility index (Phi) is 7.61.